The van der Waals surface area contributed by atoms with Crippen LogP contribution in [0.3, 0.4) is 0 Å². The summed E-state index contributed by atoms with van der Waals surface area (Å²) in [5.74, 6) is 1.10. The molecule has 0 spiro atoms. The van der Waals surface area contributed by atoms with Crippen LogP contribution < -0.4 is 9.80 Å². The van der Waals surface area contributed by atoms with Crippen LogP contribution in [-0.2, 0) is 0 Å². The molecule has 2 aromatic heterocycles. The van der Waals surface area contributed by atoms with Gasteiger partial charge in [0.25, 0.3) is 0 Å². The zero-order valence-electron chi connectivity index (χ0n) is 17.4. The van der Waals surface area contributed by atoms with E-state index in [9.17, 15) is 0 Å². The van der Waals surface area contributed by atoms with E-state index in [-0.39, 0.29) is 0 Å². The fourth-order valence-electron chi connectivity index (χ4n) is 3.47. The minimum atomic E-state index is 0.549. The van der Waals surface area contributed by atoms with Crippen molar-refractivity contribution in [2.24, 2.45) is 0 Å². The highest BCUT2D eigenvalue weighted by molar-refractivity contribution is 5.86. The van der Waals surface area contributed by atoms with Crippen molar-refractivity contribution in [2.75, 3.05) is 38.0 Å². The van der Waals surface area contributed by atoms with E-state index in [1.54, 1.807) is 0 Å². The van der Waals surface area contributed by atoms with E-state index in [1.807, 2.05) is 98.7 Å². The number of benzene rings is 3. The highest BCUT2D eigenvalue weighted by atomic mass is 16.4. The van der Waals surface area contributed by atoms with Gasteiger partial charge in [0.1, 0.15) is 11.0 Å². The molecule has 0 bridgehead atoms. The molecule has 0 fully saturated rings. The van der Waals surface area contributed by atoms with Crippen LogP contribution in [0.15, 0.2) is 69.5 Å². The predicted octanol–water partition coefficient (Wildman–Crippen LogP) is 5.44. The molecule has 3 aromatic carbocycles. The molecule has 6 heteroatoms. The first-order valence-corrected chi connectivity index (χ1v) is 9.75. The van der Waals surface area contributed by atoms with E-state index in [2.05, 4.69) is 0 Å². The Bertz CT molecular complexity index is 1260. The normalized spacial score (nSPS) is 11.3. The number of hydrogen-bond acceptors (Lipinski definition) is 6. The van der Waals surface area contributed by atoms with Gasteiger partial charge in [0.15, 0.2) is 11.2 Å². The molecule has 0 saturated heterocycles. The van der Waals surface area contributed by atoms with E-state index >= 15 is 0 Å². The van der Waals surface area contributed by atoms with Crippen molar-refractivity contribution in [3.05, 3.63) is 60.7 Å². The average Bonchev–Trinajstić information content (AvgIpc) is 3.36. The molecule has 30 heavy (non-hydrogen) atoms. The third kappa shape index (κ3) is 3.06. The molecular formula is C24H22N4O2. The number of hydrogen-bond donors (Lipinski definition) is 0. The highest BCUT2D eigenvalue weighted by Gasteiger charge is 2.18. The van der Waals surface area contributed by atoms with Crippen LogP contribution in [0.4, 0.5) is 11.4 Å². The maximum Gasteiger partial charge on any atom is 0.228 e. The fourth-order valence-corrected chi connectivity index (χ4v) is 3.47. The average molecular weight is 398 g/mol. The van der Waals surface area contributed by atoms with Gasteiger partial charge in [-0.05, 0) is 36.4 Å². The summed E-state index contributed by atoms with van der Waals surface area (Å²) >= 11 is 0. The second kappa shape index (κ2) is 6.91. The van der Waals surface area contributed by atoms with Gasteiger partial charge in [-0.1, -0.05) is 12.1 Å². The number of anilines is 2. The molecule has 0 N–H and O–H groups in total. The van der Waals surface area contributed by atoms with Crippen LogP contribution in [-0.4, -0.2) is 38.2 Å². The Kier molecular flexibility index (Phi) is 4.20. The Labute approximate surface area is 174 Å². The second-order valence-electron chi connectivity index (χ2n) is 7.68. The smallest absolute Gasteiger partial charge is 0.228 e. The van der Waals surface area contributed by atoms with Crippen molar-refractivity contribution < 1.29 is 8.83 Å². The maximum absolute atomic E-state index is 6.12. The molecule has 2 heterocycles. The lowest BCUT2D eigenvalue weighted by Crippen LogP contribution is -2.07. The van der Waals surface area contributed by atoms with Crippen LogP contribution in [0.2, 0.25) is 0 Å². The topological polar surface area (TPSA) is 58.5 Å². The first-order valence-electron chi connectivity index (χ1n) is 9.75. The minimum absolute atomic E-state index is 0.549. The lowest BCUT2D eigenvalue weighted by Gasteiger charge is -2.10. The van der Waals surface area contributed by atoms with Crippen LogP contribution >= 0.6 is 0 Å². The van der Waals surface area contributed by atoms with Crippen LogP contribution in [0.25, 0.3) is 45.1 Å². The molecule has 0 saturated carbocycles. The predicted molar refractivity (Wildman–Crippen MR) is 121 cm³/mol. The Balaban J connectivity index is 1.62. The Morgan fingerprint density at radius 1 is 0.600 bits per heavy atom. The number of fused-ring (bicyclic) bond motifs is 2. The third-order valence-electron chi connectivity index (χ3n) is 5.16. The Morgan fingerprint density at radius 2 is 1.03 bits per heavy atom. The maximum atomic E-state index is 6.12. The van der Waals surface area contributed by atoms with Gasteiger partial charge in [0.05, 0.1) is 0 Å². The van der Waals surface area contributed by atoms with E-state index in [0.29, 0.717) is 11.8 Å². The van der Waals surface area contributed by atoms with E-state index in [0.717, 1.165) is 44.7 Å². The first kappa shape index (κ1) is 18.2. The minimum Gasteiger partial charge on any atom is -0.436 e. The third-order valence-corrected chi connectivity index (χ3v) is 5.16. The summed E-state index contributed by atoms with van der Waals surface area (Å²) in [6.45, 7) is 0. The summed E-state index contributed by atoms with van der Waals surface area (Å²) in [7, 11) is 8.01. The molecule has 6 nitrogen and oxygen atoms in total. The zero-order valence-corrected chi connectivity index (χ0v) is 17.4. The van der Waals surface area contributed by atoms with Gasteiger partial charge in [0.2, 0.25) is 11.8 Å². The SMILES string of the molecule is CN(C)c1ccc2nc(-c3ccccc3-c3nc4ccc(N(C)C)cc4o3)oc2c1. The zero-order chi connectivity index (χ0) is 20.8. The molecule has 5 aromatic rings. The van der Waals surface area contributed by atoms with E-state index in [4.69, 9.17) is 18.8 Å². The largest absolute Gasteiger partial charge is 0.436 e. The van der Waals surface area contributed by atoms with Gasteiger partial charge in [-0.3, -0.25) is 0 Å². The lowest BCUT2D eigenvalue weighted by molar-refractivity contribution is 0.611. The van der Waals surface area contributed by atoms with Gasteiger partial charge in [0, 0.05) is 62.8 Å². The summed E-state index contributed by atoms with van der Waals surface area (Å²) in [6, 6.07) is 19.9. The van der Waals surface area contributed by atoms with Gasteiger partial charge in [-0.25, -0.2) is 9.97 Å². The molecule has 0 amide bonds. The quantitative estimate of drug-likeness (QED) is 0.402. The summed E-state index contributed by atoms with van der Waals surface area (Å²) in [6.07, 6.45) is 0. The van der Waals surface area contributed by atoms with Crippen molar-refractivity contribution in [3.8, 4) is 22.9 Å². The van der Waals surface area contributed by atoms with Crippen molar-refractivity contribution in [3.63, 3.8) is 0 Å². The first-order chi connectivity index (χ1) is 14.5. The van der Waals surface area contributed by atoms with Gasteiger partial charge < -0.3 is 18.6 Å². The highest BCUT2D eigenvalue weighted by Crippen LogP contribution is 2.35. The molecule has 0 aliphatic rings. The lowest BCUT2D eigenvalue weighted by atomic mass is 10.1. The van der Waals surface area contributed by atoms with Crippen LogP contribution in [0.1, 0.15) is 0 Å². The molecule has 0 aliphatic heterocycles. The monoisotopic (exact) mass is 398 g/mol. The number of rotatable bonds is 4. The molecule has 0 radical (unpaired) electrons. The molecular weight excluding hydrogens is 376 g/mol. The number of oxazole rings is 2. The van der Waals surface area contributed by atoms with Crippen LogP contribution in [0, 0.1) is 0 Å². The number of nitrogens with zero attached hydrogens (tertiary/aromatic N) is 4. The molecule has 5 rings (SSSR count). The second-order valence-corrected chi connectivity index (χ2v) is 7.68. The number of aromatic nitrogens is 2. The summed E-state index contributed by atoms with van der Waals surface area (Å²) in [5, 5.41) is 0. The van der Waals surface area contributed by atoms with E-state index in [1.165, 1.54) is 0 Å². The van der Waals surface area contributed by atoms with Crippen molar-refractivity contribution in [2.45, 2.75) is 0 Å². The standard InChI is InChI=1S/C24H22N4O2/c1-27(2)15-9-11-19-21(13-15)29-23(25-19)17-7-5-6-8-18(17)24-26-20-12-10-16(28(3)4)14-22(20)30-24/h5-14H,1-4H3. The van der Waals surface area contributed by atoms with Gasteiger partial charge >= 0.3 is 0 Å². The van der Waals surface area contributed by atoms with Crippen molar-refractivity contribution in [1.82, 2.24) is 9.97 Å². The van der Waals surface area contributed by atoms with Gasteiger partial charge in [-0.15, -0.1) is 0 Å². The van der Waals surface area contributed by atoms with Crippen LogP contribution in [0.5, 0.6) is 0 Å². The molecule has 150 valence electrons. The molecule has 0 aliphatic carbocycles. The van der Waals surface area contributed by atoms with E-state index < -0.39 is 0 Å². The van der Waals surface area contributed by atoms with Crippen molar-refractivity contribution >= 4 is 33.6 Å². The molecule has 0 unspecified atom stereocenters. The summed E-state index contributed by atoms with van der Waals surface area (Å²) < 4.78 is 12.2. The Hall–Kier alpha value is -3.80. The summed E-state index contributed by atoms with van der Waals surface area (Å²) in [5.41, 5.74) is 6.96. The Morgan fingerprint density at radius 3 is 1.43 bits per heavy atom. The molecule has 0 atom stereocenters. The summed E-state index contributed by atoms with van der Waals surface area (Å²) in [4.78, 5) is 13.5. The fraction of sp³-hybridized carbons (Fsp3) is 0.167. The van der Waals surface area contributed by atoms with Gasteiger partial charge in [-0.2, -0.15) is 0 Å². The van der Waals surface area contributed by atoms with Crippen molar-refractivity contribution in [1.29, 1.82) is 0 Å².